The zero-order chi connectivity index (χ0) is 10.0. The second-order valence-electron chi connectivity index (χ2n) is 3.32. The number of imidazole rings is 1. The van der Waals surface area contributed by atoms with Gasteiger partial charge >= 0.3 is 0 Å². The van der Waals surface area contributed by atoms with E-state index in [1.807, 2.05) is 18.4 Å². The molecule has 74 valence electrons. The first-order valence-corrected chi connectivity index (χ1v) is 4.59. The molecule has 13 heavy (non-hydrogen) atoms. The molecule has 0 spiro atoms. The van der Waals surface area contributed by atoms with Crippen molar-refractivity contribution in [2.45, 2.75) is 33.2 Å². The minimum absolute atomic E-state index is 0.244. The molecule has 0 saturated heterocycles. The topological polar surface area (TPSA) is 57.9 Å². The van der Waals surface area contributed by atoms with Crippen LogP contribution in [0.1, 0.15) is 30.8 Å². The number of hydrogen-bond acceptors (Lipinski definition) is 2. The average Bonchev–Trinajstić information content (AvgIpc) is 2.36. The molecule has 0 aliphatic heterocycles. The van der Waals surface area contributed by atoms with E-state index in [0.29, 0.717) is 6.54 Å². The first-order valence-electron chi connectivity index (χ1n) is 4.59. The van der Waals surface area contributed by atoms with Crippen molar-refractivity contribution in [1.82, 2.24) is 4.57 Å². The predicted molar refractivity (Wildman–Crippen MR) is 51.2 cm³/mol. The Morgan fingerprint density at radius 1 is 1.62 bits per heavy atom. The summed E-state index contributed by atoms with van der Waals surface area (Å²) in [6.07, 6.45) is 2.52. The van der Waals surface area contributed by atoms with Gasteiger partial charge in [0, 0.05) is 20.4 Å². The summed E-state index contributed by atoms with van der Waals surface area (Å²) >= 11 is 0. The Kier molecular flexibility index (Phi) is 2.93. The Balaban J connectivity index is 3.06. The molecule has 1 atom stereocenters. The maximum atomic E-state index is 11.3. The van der Waals surface area contributed by atoms with Crippen molar-refractivity contribution in [2.24, 2.45) is 5.73 Å². The lowest BCUT2D eigenvalue weighted by atomic mass is 10.2. The van der Waals surface area contributed by atoms with Gasteiger partial charge in [-0.05, 0) is 6.42 Å². The fraction of sp³-hybridized carbons (Fsp3) is 0.667. The molecule has 0 aromatic carbocycles. The lowest BCUT2D eigenvalue weighted by Gasteiger charge is -2.09. The van der Waals surface area contributed by atoms with E-state index in [2.05, 4.69) is 6.92 Å². The molecule has 4 heteroatoms. The summed E-state index contributed by atoms with van der Waals surface area (Å²) in [5.74, 6) is 0. The van der Waals surface area contributed by atoms with Crippen molar-refractivity contribution in [3.63, 3.8) is 0 Å². The van der Waals surface area contributed by atoms with Crippen LogP contribution in [-0.4, -0.2) is 11.1 Å². The van der Waals surface area contributed by atoms with E-state index in [1.54, 1.807) is 6.33 Å². The van der Waals surface area contributed by atoms with Gasteiger partial charge in [0.05, 0.1) is 0 Å². The quantitative estimate of drug-likeness (QED) is 0.552. The first kappa shape index (κ1) is 10.1. The molecule has 1 aromatic heterocycles. The van der Waals surface area contributed by atoms with E-state index in [0.717, 1.165) is 22.5 Å². The second kappa shape index (κ2) is 3.79. The third-order valence-electron chi connectivity index (χ3n) is 2.61. The van der Waals surface area contributed by atoms with Crippen LogP contribution in [0.5, 0.6) is 0 Å². The summed E-state index contributed by atoms with van der Waals surface area (Å²) in [4.78, 5) is 0. The number of aromatic nitrogens is 2. The fourth-order valence-corrected chi connectivity index (χ4v) is 1.48. The van der Waals surface area contributed by atoms with Crippen LogP contribution in [-0.2, 0) is 0 Å². The molecule has 0 fully saturated rings. The average molecular weight is 183 g/mol. The molecule has 1 rings (SSSR count). The Labute approximate surface area is 78.6 Å². The second-order valence-corrected chi connectivity index (χ2v) is 3.32. The normalized spacial score (nSPS) is 13.2. The summed E-state index contributed by atoms with van der Waals surface area (Å²) < 4.78 is 2.86. The van der Waals surface area contributed by atoms with E-state index >= 15 is 0 Å². The summed E-state index contributed by atoms with van der Waals surface area (Å²) in [5.41, 5.74) is 7.37. The van der Waals surface area contributed by atoms with Gasteiger partial charge in [-0.3, -0.25) is 0 Å². The maximum Gasteiger partial charge on any atom is 0.247 e. The van der Waals surface area contributed by atoms with Crippen LogP contribution in [0.2, 0.25) is 0 Å². The van der Waals surface area contributed by atoms with Crippen LogP contribution in [0.15, 0.2) is 6.33 Å². The van der Waals surface area contributed by atoms with Crippen molar-refractivity contribution in [2.75, 3.05) is 6.54 Å². The predicted octanol–water partition coefficient (Wildman–Crippen LogP) is 0.648. The highest BCUT2D eigenvalue weighted by atomic mass is 16.5. The molecular weight excluding hydrogens is 166 g/mol. The van der Waals surface area contributed by atoms with E-state index in [-0.39, 0.29) is 6.04 Å². The van der Waals surface area contributed by atoms with Gasteiger partial charge in [0.15, 0.2) is 0 Å². The molecule has 1 heterocycles. The SMILES string of the molecule is CCC(CN)n1c[n+]([O-])c(C)c1C. The molecule has 4 nitrogen and oxygen atoms in total. The number of nitrogens with two attached hydrogens (primary N) is 1. The van der Waals surface area contributed by atoms with E-state index in [9.17, 15) is 5.21 Å². The first-order chi connectivity index (χ1) is 6.11. The van der Waals surface area contributed by atoms with Crippen LogP contribution in [0.25, 0.3) is 0 Å². The van der Waals surface area contributed by atoms with Gasteiger partial charge < -0.3 is 10.9 Å². The zero-order valence-electron chi connectivity index (χ0n) is 8.45. The van der Waals surface area contributed by atoms with Crippen LogP contribution in [0.4, 0.5) is 0 Å². The summed E-state index contributed by atoms with van der Waals surface area (Å²) in [6, 6.07) is 0.244. The van der Waals surface area contributed by atoms with Crippen LogP contribution in [0.3, 0.4) is 0 Å². The monoisotopic (exact) mass is 183 g/mol. The zero-order valence-corrected chi connectivity index (χ0v) is 8.45. The van der Waals surface area contributed by atoms with E-state index in [1.165, 1.54) is 0 Å². The van der Waals surface area contributed by atoms with Crippen LogP contribution in [0, 0.1) is 19.1 Å². The number of nitrogens with zero attached hydrogens (tertiary/aromatic N) is 2. The van der Waals surface area contributed by atoms with Gasteiger partial charge in [0.25, 0.3) is 0 Å². The highest BCUT2D eigenvalue weighted by Gasteiger charge is 2.18. The van der Waals surface area contributed by atoms with Gasteiger partial charge in [-0.2, -0.15) is 0 Å². The highest BCUT2D eigenvalue weighted by Crippen LogP contribution is 2.13. The third-order valence-corrected chi connectivity index (χ3v) is 2.61. The Bertz CT molecular complexity index is 289. The standard InChI is InChI=1S/C9H17N3O/c1-4-9(5-10)11-6-12(13)8(3)7(11)2/h6,9H,4-5,10H2,1-3H3. The lowest BCUT2D eigenvalue weighted by Crippen LogP contribution is -2.27. The summed E-state index contributed by atoms with van der Waals surface area (Å²) in [7, 11) is 0. The Morgan fingerprint density at radius 2 is 2.23 bits per heavy atom. The summed E-state index contributed by atoms with van der Waals surface area (Å²) in [6.45, 7) is 6.41. The van der Waals surface area contributed by atoms with Gasteiger partial charge in [0.2, 0.25) is 6.33 Å². The van der Waals surface area contributed by atoms with E-state index < -0.39 is 0 Å². The molecule has 0 aliphatic carbocycles. The van der Waals surface area contributed by atoms with Gasteiger partial charge in [-0.15, -0.1) is 0 Å². The fourth-order valence-electron chi connectivity index (χ4n) is 1.48. The van der Waals surface area contributed by atoms with Crippen molar-refractivity contribution < 1.29 is 4.73 Å². The molecule has 1 aromatic rings. The molecule has 2 N–H and O–H groups in total. The van der Waals surface area contributed by atoms with Crippen molar-refractivity contribution >= 4 is 0 Å². The number of hydrogen-bond donors (Lipinski definition) is 1. The summed E-state index contributed by atoms with van der Waals surface area (Å²) in [5, 5.41) is 11.3. The Hall–Kier alpha value is -1.03. The van der Waals surface area contributed by atoms with E-state index in [4.69, 9.17) is 5.73 Å². The van der Waals surface area contributed by atoms with Crippen molar-refractivity contribution in [3.05, 3.63) is 22.9 Å². The maximum absolute atomic E-state index is 11.3. The third kappa shape index (κ3) is 1.67. The molecule has 0 bridgehead atoms. The largest absolute Gasteiger partial charge is 0.711 e. The smallest absolute Gasteiger partial charge is 0.247 e. The van der Waals surface area contributed by atoms with Crippen LogP contribution >= 0.6 is 0 Å². The van der Waals surface area contributed by atoms with Gasteiger partial charge in [-0.1, -0.05) is 6.92 Å². The minimum atomic E-state index is 0.244. The minimum Gasteiger partial charge on any atom is -0.711 e. The van der Waals surface area contributed by atoms with Crippen LogP contribution < -0.4 is 10.5 Å². The number of rotatable bonds is 3. The molecule has 0 amide bonds. The molecule has 1 unspecified atom stereocenters. The Morgan fingerprint density at radius 3 is 2.54 bits per heavy atom. The van der Waals surface area contributed by atoms with Gasteiger partial charge in [0.1, 0.15) is 17.4 Å². The lowest BCUT2D eigenvalue weighted by molar-refractivity contribution is -0.611. The molecule has 0 aliphatic rings. The molecule has 0 saturated carbocycles. The highest BCUT2D eigenvalue weighted by molar-refractivity contribution is 5.04. The molecule has 0 radical (unpaired) electrons. The van der Waals surface area contributed by atoms with Gasteiger partial charge in [-0.25, -0.2) is 9.30 Å². The van der Waals surface area contributed by atoms with Crippen molar-refractivity contribution in [3.8, 4) is 0 Å². The van der Waals surface area contributed by atoms with Crippen molar-refractivity contribution in [1.29, 1.82) is 0 Å². The molecular formula is C9H17N3O.